The number of nitrogens with one attached hydrogen (secondary N) is 2. The minimum Gasteiger partial charge on any atom is -0.454 e. The second kappa shape index (κ2) is 7.47. The molecule has 1 saturated heterocycles. The van der Waals surface area contributed by atoms with Crippen LogP contribution in [0.3, 0.4) is 0 Å². The van der Waals surface area contributed by atoms with E-state index < -0.39 is 42.5 Å². The molecule has 25 heavy (non-hydrogen) atoms. The quantitative estimate of drug-likeness (QED) is 0.438. The van der Waals surface area contributed by atoms with Crippen molar-refractivity contribution >= 4 is 41.1 Å². The topological polar surface area (TPSA) is 118 Å². The molecule has 4 amide bonds. The molecular weight excluding hydrogens is 352 g/mol. The van der Waals surface area contributed by atoms with Crippen molar-refractivity contribution in [3.05, 3.63) is 23.5 Å². The van der Waals surface area contributed by atoms with E-state index in [1.807, 2.05) is 0 Å². The molecule has 0 saturated carbocycles. The van der Waals surface area contributed by atoms with E-state index >= 15 is 0 Å². The molecule has 9 nitrogen and oxygen atoms in total. The van der Waals surface area contributed by atoms with Gasteiger partial charge >= 0.3 is 12.0 Å². The van der Waals surface area contributed by atoms with Crippen molar-refractivity contribution in [3.8, 4) is 0 Å². The summed E-state index contributed by atoms with van der Waals surface area (Å²) in [6.07, 6.45) is 1.84. The number of anilines is 1. The first kappa shape index (κ1) is 18.7. The predicted molar refractivity (Wildman–Crippen MR) is 87.8 cm³/mol. The molecule has 134 valence electrons. The van der Waals surface area contributed by atoms with Crippen LogP contribution in [-0.4, -0.2) is 52.4 Å². The fourth-order valence-electron chi connectivity index (χ4n) is 2.12. The average Bonchev–Trinajstić information content (AvgIpc) is 2.79. The summed E-state index contributed by atoms with van der Waals surface area (Å²) < 4.78 is 4.79. The Morgan fingerprint density at radius 2 is 2.16 bits per heavy atom. The lowest BCUT2D eigenvalue weighted by Crippen LogP contribution is -2.43. The van der Waals surface area contributed by atoms with Crippen LogP contribution in [0.15, 0.2) is 18.3 Å². The maximum Gasteiger partial charge on any atom is 0.326 e. The number of urea groups is 1. The minimum absolute atomic E-state index is 0.0976. The Kier molecular flexibility index (Phi) is 5.58. The number of carbonyl (C=O) groups is 4. The van der Waals surface area contributed by atoms with Crippen molar-refractivity contribution in [2.45, 2.75) is 25.8 Å². The molecule has 0 radical (unpaired) electrons. The van der Waals surface area contributed by atoms with E-state index in [4.69, 9.17) is 16.3 Å². The smallest absolute Gasteiger partial charge is 0.326 e. The summed E-state index contributed by atoms with van der Waals surface area (Å²) in [5, 5.41) is 5.04. The zero-order valence-corrected chi connectivity index (χ0v) is 14.4. The molecule has 1 aliphatic rings. The Morgan fingerprint density at radius 1 is 1.44 bits per heavy atom. The predicted octanol–water partition coefficient (Wildman–Crippen LogP) is 0.937. The van der Waals surface area contributed by atoms with Gasteiger partial charge in [0.2, 0.25) is 0 Å². The number of ether oxygens (including phenoxy) is 1. The van der Waals surface area contributed by atoms with E-state index in [2.05, 4.69) is 15.6 Å². The lowest BCUT2D eigenvalue weighted by Gasteiger charge is -2.18. The van der Waals surface area contributed by atoms with Crippen LogP contribution in [0.5, 0.6) is 0 Å². The molecule has 0 aliphatic carbocycles. The summed E-state index contributed by atoms with van der Waals surface area (Å²) in [7, 11) is 0. The van der Waals surface area contributed by atoms with Crippen LogP contribution in [0.2, 0.25) is 5.15 Å². The highest BCUT2D eigenvalue weighted by molar-refractivity contribution is 6.32. The molecule has 0 aromatic carbocycles. The zero-order chi connectivity index (χ0) is 18.6. The minimum atomic E-state index is -1.04. The molecule has 2 rings (SSSR count). The molecule has 1 atom stereocenters. The van der Waals surface area contributed by atoms with Crippen molar-refractivity contribution in [2.24, 2.45) is 0 Å². The second-order valence-electron chi connectivity index (χ2n) is 5.56. The summed E-state index contributed by atoms with van der Waals surface area (Å²) in [6, 6.07) is 2.45. The first-order chi connectivity index (χ1) is 11.8. The molecule has 1 aromatic rings. The van der Waals surface area contributed by atoms with Gasteiger partial charge in [-0.3, -0.25) is 19.3 Å². The standard InChI is InChI=1S/C15H17ClN4O5/c1-3-15(2)13(23)20(14(24)19-15)7-11(22)25-8-10(21)18-9-5-4-6-17-12(9)16/h4-6H,3,7-8H2,1-2H3,(H,18,21)(H,19,24)/t15-/m0/s1. The number of hydrogen-bond donors (Lipinski definition) is 2. The Balaban J connectivity index is 1.85. The van der Waals surface area contributed by atoms with E-state index in [1.165, 1.54) is 12.3 Å². The van der Waals surface area contributed by atoms with Crippen LogP contribution in [0.25, 0.3) is 0 Å². The van der Waals surface area contributed by atoms with Crippen LogP contribution in [0.1, 0.15) is 20.3 Å². The SMILES string of the molecule is CC[C@]1(C)NC(=O)N(CC(=O)OCC(=O)Nc2cccnc2Cl)C1=O. The molecule has 2 N–H and O–H groups in total. The summed E-state index contributed by atoms with van der Waals surface area (Å²) in [5.74, 6) is -2.02. The maximum atomic E-state index is 12.2. The first-order valence-electron chi connectivity index (χ1n) is 7.47. The number of carbonyl (C=O) groups excluding carboxylic acids is 4. The van der Waals surface area contributed by atoms with Gasteiger partial charge in [0.1, 0.15) is 12.1 Å². The number of halogens is 1. The summed E-state index contributed by atoms with van der Waals surface area (Å²) in [5.41, 5.74) is -0.760. The molecular formula is C15H17ClN4O5. The second-order valence-corrected chi connectivity index (χ2v) is 5.92. The van der Waals surface area contributed by atoms with Gasteiger partial charge in [-0.15, -0.1) is 0 Å². The largest absolute Gasteiger partial charge is 0.454 e. The maximum absolute atomic E-state index is 12.2. The number of rotatable bonds is 6. The molecule has 0 bridgehead atoms. The number of pyridine rings is 1. The highest BCUT2D eigenvalue weighted by Crippen LogP contribution is 2.20. The molecule has 10 heteroatoms. The van der Waals surface area contributed by atoms with E-state index in [0.29, 0.717) is 6.42 Å². The summed E-state index contributed by atoms with van der Waals surface area (Å²) in [4.78, 5) is 52.1. The van der Waals surface area contributed by atoms with E-state index in [0.717, 1.165) is 4.90 Å². The summed E-state index contributed by atoms with van der Waals surface area (Å²) >= 11 is 5.79. The van der Waals surface area contributed by atoms with Crippen LogP contribution >= 0.6 is 11.6 Å². The zero-order valence-electron chi connectivity index (χ0n) is 13.7. The Bertz CT molecular complexity index is 726. The normalized spacial score (nSPS) is 19.6. The lowest BCUT2D eigenvalue weighted by molar-refractivity contribution is -0.150. The Hall–Kier alpha value is -2.68. The van der Waals surface area contributed by atoms with Gasteiger partial charge in [-0.2, -0.15) is 0 Å². The van der Waals surface area contributed by atoms with E-state index in [-0.39, 0.29) is 10.8 Å². The highest BCUT2D eigenvalue weighted by Gasteiger charge is 2.47. The highest BCUT2D eigenvalue weighted by atomic mass is 35.5. The number of hydrogen-bond acceptors (Lipinski definition) is 6. The number of imide groups is 1. The van der Waals surface area contributed by atoms with Crippen molar-refractivity contribution in [3.63, 3.8) is 0 Å². The van der Waals surface area contributed by atoms with Crippen molar-refractivity contribution in [1.29, 1.82) is 0 Å². The van der Waals surface area contributed by atoms with Gasteiger partial charge in [0.15, 0.2) is 11.8 Å². The Labute approximate surface area is 148 Å². The van der Waals surface area contributed by atoms with Gasteiger partial charge < -0.3 is 15.4 Å². The van der Waals surface area contributed by atoms with Crippen molar-refractivity contribution < 1.29 is 23.9 Å². The Morgan fingerprint density at radius 3 is 2.76 bits per heavy atom. The number of nitrogens with zero attached hydrogens (tertiary/aromatic N) is 2. The molecule has 0 unspecified atom stereocenters. The van der Waals surface area contributed by atoms with Gasteiger partial charge in [0.25, 0.3) is 11.8 Å². The molecule has 0 spiro atoms. The lowest BCUT2D eigenvalue weighted by atomic mass is 9.99. The van der Waals surface area contributed by atoms with Crippen molar-refractivity contribution in [2.75, 3.05) is 18.5 Å². The number of esters is 1. The van der Waals surface area contributed by atoms with Gasteiger partial charge in [-0.25, -0.2) is 9.78 Å². The van der Waals surface area contributed by atoms with Crippen LogP contribution in [0, 0.1) is 0 Å². The molecule has 2 heterocycles. The fourth-order valence-corrected chi connectivity index (χ4v) is 2.28. The van der Waals surface area contributed by atoms with E-state index in [1.54, 1.807) is 19.9 Å². The third-order valence-electron chi connectivity index (χ3n) is 3.74. The molecule has 1 aromatic heterocycles. The summed E-state index contributed by atoms with van der Waals surface area (Å²) in [6.45, 7) is 2.16. The van der Waals surface area contributed by atoms with Crippen molar-refractivity contribution in [1.82, 2.24) is 15.2 Å². The average molecular weight is 369 g/mol. The van der Waals surface area contributed by atoms with Gasteiger partial charge in [0.05, 0.1) is 5.69 Å². The molecule has 1 aliphatic heterocycles. The third kappa shape index (κ3) is 4.24. The van der Waals surface area contributed by atoms with E-state index in [9.17, 15) is 19.2 Å². The molecule has 1 fully saturated rings. The van der Waals surface area contributed by atoms with Gasteiger partial charge in [0, 0.05) is 6.20 Å². The van der Waals surface area contributed by atoms with Gasteiger partial charge in [-0.1, -0.05) is 18.5 Å². The third-order valence-corrected chi connectivity index (χ3v) is 4.04. The number of aromatic nitrogens is 1. The fraction of sp³-hybridized carbons (Fsp3) is 0.400. The first-order valence-corrected chi connectivity index (χ1v) is 7.84. The van der Waals surface area contributed by atoms with Gasteiger partial charge in [-0.05, 0) is 25.5 Å². The van der Waals surface area contributed by atoms with Crippen LogP contribution in [-0.2, 0) is 19.1 Å². The van der Waals surface area contributed by atoms with Crippen LogP contribution < -0.4 is 10.6 Å². The number of amides is 4. The monoisotopic (exact) mass is 368 g/mol. The van der Waals surface area contributed by atoms with Crippen LogP contribution in [0.4, 0.5) is 10.5 Å².